The molecule has 130 valence electrons. The van der Waals surface area contributed by atoms with Crippen molar-refractivity contribution in [1.29, 1.82) is 0 Å². The number of hydrogen-bond donors (Lipinski definition) is 1. The lowest BCUT2D eigenvalue weighted by atomic mass is 10.1. The molecule has 1 fully saturated rings. The number of aryl methyl sites for hydroxylation is 1. The average molecular weight is 332 g/mol. The number of piperazine rings is 1. The summed E-state index contributed by atoms with van der Waals surface area (Å²) in [5.74, 6) is 0.757. The van der Waals surface area contributed by atoms with Gasteiger partial charge in [0.2, 0.25) is 0 Å². The lowest BCUT2D eigenvalue weighted by molar-refractivity contribution is 0.0673. The van der Waals surface area contributed by atoms with Crippen LogP contribution in [-0.2, 0) is 13.1 Å². The summed E-state index contributed by atoms with van der Waals surface area (Å²) in [5, 5.41) is 10.3. The largest absolute Gasteiger partial charge is 0.387 e. The van der Waals surface area contributed by atoms with Crippen molar-refractivity contribution in [3.8, 4) is 0 Å². The van der Waals surface area contributed by atoms with Crippen molar-refractivity contribution in [2.45, 2.75) is 26.1 Å². The Labute approximate surface area is 142 Å². The second-order valence-corrected chi connectivity index (χ2v) is 6.24. The van der Waals surface area contributed by atoms with Crippen LogP contribution >= 0.6 is 0 Å². The fourth-order valence-corrected chi connectivity index (χ4v) is 3.20. The van der Waals surface area contributed by atoms with Gasteiger partial charge < -0.3 is 9.67 Å². The number of aliphatic hydroxyl groups is 1. The molecule has 5 nitrogen and oxygen atoms in total. The summed E-state index contributed by atoms with van der Waals surface area (Å²) in [6.45, 7) is 7.98. The van der Waals surface area contributed by atoms with Gasteiger partial charge in [-0.2, -0.15) is 0 Å². The zero-order chi connectivity index (χ0) is 16.9. The first kappa shape index (κ1) is 17.1. The van der Waals surface area contributed by atoms with Gasteiger partial charge in [-0.25, -0.2) is 9.37 Å². The standard InChI is InChI=1S/C18H25FN4O/c1-2-23-8-7-20-18(23)14-22-11-9-21(10-12-22)13-17(24)15-5-3-4-6-16(15)19/h3-8,17,24H,2,9-14H2,1H3/t17-/m1/s1. The lowest BCUT2D eigenvalue weighted by Crippen LogP contribution is -2.47. The summed E-state index contributed by atoms with van der Waals surface area (Å²) in [4.78, 5) is 8.99. The van der Waals surface area contributed by atoms with E-state index in [0.717, 1.165) is 45.1 Å². The lowest BCUT2D eigenvalue weighted by Gasteiger charge is -2.35. The van der Waals surface area contributed by atoms with E-state index in [1.165, 1.54) is 6.07 Å². The molecule has 0 spiro atoms. The number of rotatable bonds is 6. The van der Waals surface area contributed by atoms with Crippen LogP contribution in [0.3, 0.4) is 0 Å². The highest BCUT2D eigenvalue weighted by molar-refractivity contribution is 5.20. The van der Waals surface area contributed by atoms with Crippen LogP contribution in [0.5, 0.6) is 0 Å². The minimum Gasteiger partial charge on any atom is -0.387 e. The van der Waals surface area contributed by atoms with Crippen molar-refractivity contribution in [2.75, 3.05) is 32.7 Å². The van der Waals surface area contributed by atoms with E-state index < -0.39 is 6.10 Å². The molecule has 0 radical (unpaired) electrons. The number of β-amino-alcohol motifs (C(OH)–C–C–N with tert-alkyl or cyclic N) is 1. The highest BCUT2D eigenvalue weighted by atomic mass is 19.1. The van der Waals surface area contributed by atoms with Crippen molar-refractivity contribution < 1.29 is 9.50 Å². The smallest absolute Gasteiger partial charge is 0.129 e. The Morgan fingerprint density at radius 2 is 1.88 bits per heavy atom. The Hall–Kier alpha value is -1.76. The molecule has 1 aliphatic rings. The number of halogens is 1. The Morgan fingerprint density at radius 1 is 1.17 bits per heavy atom. The second-order valence-electron chi connectivity index (χ2n) is 6.24. The van der Waals surface area contributed by atoms with Crippen LogP contribution in [0.25, 0.3) is 0 Å². The maximum Gasteiger partial charge on any atom is 0.129 e. The zero-order valence-corrected chi connectivity index (χ0v) is 14.1. The SMILES string of the molecule is CCn1ccnc1CN1CCN(C[C@@H](O)c2ccccc2F)CC1. The molecule has 0 amide bonds. The van der Waals surface area contributed by atoms with E-state index >= 15 is 0 Å². The van der Waals surface area contributed by atoms with Crippen molar-refractivity contribution in [3.05, 3.63) is 53.9 Å². The van der Waals surface area contributed by atoms with Crippen LogP contribution in [0.2, 0.25) is 0 Å². The van der Waals surface area contributed by atoms with E-state index in [1.54, 1.807) is 18.2 Å². The molecule has 1 aliphatic heterocycles. The summed E-state index contributed by atoms with van der Waals surface area (Å²) in [6.07, 6.45) is 3.08. The summed E-state index contributed by atoms with van der Waals surface area (Å²) < 4.78 is 15.9. The average Bonchev–Trinajstić information content (AvgIpc) is 3.04. The van der Waals surface area contributed by atoms with Gasteiger partial charge in [-0.3, -0.25) is 9.80 Å². The van der Waals surface area contributed by atoms with Gasteiger partial charge in [0.25, 0.3) is 0 Å². The van der Waals surface area contributed by atoms with Crippen molar-refractivity contribution in [3.63, 3.8) is 0 Å². The predicted octanol–water partition coefficient (Wildman–Crippen LogP) is 1.89. The van der Waals surface area contributed by atoms with Crippen LogP contribution < -0.4 is 0 Å². The quantitative estimate of drug-likeness (QED) is 0.877. The third kappa shape index (κ3) is 4.01. The fourth-order valence-electron chi connectivity index (χ4n) is 3.20. The predicted molar refractivity (Wildman–Crippen MR) is 91.0 cm³/mol. The Kier molecular flexibility index (Phi) is 5.60. The summed E-state index contributed by atoms with van der Waals surface area (Å²) >= 11 is 0. The van der Waals surface area contributed by atoms with Crippen LogP contribution in [-0.4, -0.2) is 57.2 Å². The van der Waals surface area contributed by atoms with Crippen molar-refractivity contribution in [2.24, 2.45) is 0 Å². The molecule has 1 atom stereocenters. The molecular weight excluding hydrogens is 307 g/mol. The first-order chi connectivity index (χ1) is 11.7. The molecule has 6 heteroatoms. The number of nitrogens with zero attached hydrogens (tertiary/aromatic N) is 4. The number of hydrogen-bond acceptors (Lipinski definition) is 4. The molecular formula is C18H25FN4O. The monoisotopic (exact) mass is 332 g/mol. The fraction of sp³-hybridized carbons (Fsp3) is 0.500. The van der Waals surface area contributed by atoms with Gasteiger partial charge in [0, 0.05) is 57.2 Å². The molecule has 1 aromatic carbocycles. The van der Waals surface area contributed by atoms with Gasteiger partial charge in [0.05, 0.1) is 12.6 Å². The van der Waals surface area contributed by atoms with E-state index in [1.807, 2.05) is 12.4 Å². The first-order valence-corrected chi connectivity index (χ1v) is 8.54. The first-order valence-electron chi connectivity index (χ1n) is 8.54. The Morgan fingerprint density at radius 3 is 2.58 bits per heavy atom. The Bertz CT molecular complexity index is 652. The van der Waals surface area contributed by atoms with Gasteiger partial charge >= 0.3 is 0 Å². The Balaban J connectivity index is 1.49. The van der Waals surface area contributed by atoms with E-state index in [-0.39, 0.29) is 5.82 Å². The molecule has 0 bridgehead atoms. The van der Waals surface area contributed by atoms with Gasteiger partial charge in [0.15, 0.2) is 0 Å². The van der Waals surface area contributed by atoms with Crippen molar-refractivity contribution in [1.82, 2.24) is 19.4 Å². The highest BCUT2D eigenvalue weighted by Gasteiger charge is 2.22. The third-order valence-corrected chi connectivity index (χ3v) is 4.67. The molecule has 0 aliphatic carbocycles. The van der Waals surface area contributed by atoms with E-state index in [4.69, 9.17) is 0 Å². The minimum absolute atomic E-state index is 0.338. The van der Waals surface area contributed by atoms with Gasteiger partial charge in [0.1, 0.15) is 11.6 Å². The highest BCUT2D eigenvalue weighted by Crippen LogP contribution is 2.18. The molecule has 24 heavy (non-hydrogen) atoms. The second kappa shape index (κ2) is 7.88. The van der Waals surface area contributed by atoms with Gasteiger partial charge in [-0.1, -0.05) is 18.2 Å². The van der Waals surface area contributed by atoms with Crippen LogP contribution in [0.1, 0.15) is 24.4 Å². The third-order valence-electron chi connectivity index (χ3n) is 4.67. The summed E-state index contributed by atoms with van der Waals surface area (Å²) in [7, 11) is 0. The zero-order valence-electron chi connectivity index (χ0n) is 14.1. The molecule has 1 N–H and O–H groups in total. The normalized spacial score (nSPS) is 18.0. The molecule has 0 unspecified atom stereocenters. The number of aromatic nitrogens is 2. The van der Waals surface area contributed by atoms with Gasteiger partial charge in [-0.05, 0) is 13.0 Å². The maximum atomic E-state index is 13.7. The molecule has 2 aromatic rings. The number of imidazole rings is 1. The molecule has 2 heterocycles. The summed E-state index contributed by atoms with van der Waals surface area (Å²) in [6, 6.07) is 6.45. The summed E-state index contributed by atoms with van der Waals surface area (Å²) in [5.41, 5.74) is 0.380. The van der Waals surface area contributed by atoms with E-state index in [0.29, 0.717) is 12.1 Å². The van der Waals surface area contributed by atoms with Gasteiger partial charge in [-0.15, -0.1) is 0 Å². The maximum absolute atomic E-state index is 13.7. The van der Waals surface area contributed by atoms with E-state index in [2.05, 4.69) is 26.3 Å². The topological polar surface area (TPSA) is 44.5 Å². The number of aliphatic hydroxyl groups excluding tert-OH is 1. The number of benzene rings is 1. The molecule has 1 aromatic heterocycles. The molecule has 1 saturated heterocycles. The van der Waals surface area contributed by atoms with Crippen LogP contribution in [0.15, 0.2) is 36.7 Å². The molecule has 0 saturated carbocycles. The van der Waals surface area contributed by atoms with Crippen LogP contribution in [0.4, 0.5) is 4.39 Å². The minimum atomic E-state index is -0.781. The van der Waals surface area contributed by atoms with E-state index in [9.17, 15) is 9.50 Å². The van der Waals surface area contributed by atoms with Crippen LogP contribution in [0, 0.1) is 5.82 Å². The molecule has 3 rings (SSSR count). The van der Waals surface area contributed by atoms with Crippen molar-refractivity contribution >= 4 is 0 Å².